The molecule has 3 nitrogen and oxygen atoms in total. The van der Waals surface area contributed by atoms with Crippen LogP contribution in [-0.2, 0) is 10.0 Å². The van der Waals surface area contributed by atoms with E-state index in [0.29, 0.717) is 5.69 Å². The summed E-state index contributed by atoms with van der Waals surface area (Å²) in [4.78, 5) is 0. The molecule has 0 saturated heterocycles. The Balaban J connectivity index is 3.25. The second-order valence-electron chi connectivity index (χ2n) is 3.41. The molecular formula is C11H15NO2S. The molecule has 1 aromatic rings. The first-order valence-corrected chi connectivity index (χ1v) is 6.53. The molecule has 15 heavy (non-hydrogen) atoms. The van der Waals surface area contributed by atoms with Crippen molar-refractivity contribution in [2.75, 3.05) is 11.0 Å². The van der Waals surface area contributed by atoms with E-state index in [1.165, 1.54) is 0 Å². The topological polar surface area (TPSA) is 46.2 Å². The van der Waals surface area contributed by atoms with Gasteiger partial charge in [0.2, 0.25) is 10.0 Å². The molecule has 0 saturated carbocycles. The Morgan fingerprint density at radius 1 is 1.33 bits per heavy atom. The van der Waals surface area contributed by atoms with Gasteiger partial charge in [-0.3, -0.25) is 4.72 Å². The maximum absolute atomic E-state index is 11.2. The molecule has 0 spiro atoms. The molecule has 1 N–H and O–H groups in total. The predicted molar refractivity (Wildman–Crippen MR) is 64.4 cm³/mol. The lowest BCUT2D eigenvalue weighted by Gasteiger charge is -2.10. The van der Waals surface area contributed by atoms with Crippen LogP contribution in [0.2, 0.25) is 0 Å². The number of anilines is 1. The third-order valence-corrected chi connectivity index (χ3v) is 2.51. The molecule has 0 aliphatic heterocycles. The second kappa shape index (κ2) is 4.49. The summed E-state index contributed by atoms with van der Waals surface area (Å²) in [5.74, 6) is 0. The summed E-state index contributed by atoms with van der Waals surface area (Å²) in [6.07, 6.45) is 4.90. The van der Waals surface area contributed by atoms with E-state index in [2.05, 4.69) is 4.72 Å². The molecule has 0 fully saturated rings. The van der Waals surface area contributed by atoms with Gasteiger partial charge >= 0.3 is 0 Å². The Morgan fingerprint density at radius 2 is 2.00 bits per heavy atom. The Labute approximate surface area is 90.9 Å². The van der Waals surface area contributed by atoms with Crippen molar-refractivity contribution in [1.82, 2.24) is 0 Å². The van der Waals surface area contributed by atoms with E-state index >= 15 is 0 Å². The van der Waals surface area contributed by atoms with Crippen molar-refractivity contribution in [1.29, 1.82) is 0 Å². The summed E-state index contributed by atoms with van der Waals surface area (Å²) in [6.45, 7) is 3.77. The maximum Gasteiger partial charge on any atom is 0.229 e. The van der Waals surface area contributed by atoms with E-state index in [9.17, 15) is 8.42 Å². The average Bonchev–Trinajstić information content (AvgIpc) is 2.10. The van der Waals surface area contributed by atoms with Gasteiger partial charge in [-0.1, -0.05) is 30.4 Å². The van der Waals surface area contributed by atoms with E-state index in [1.807, 2.05) is 44.2 Å². The number of nitrogens with one attached hydrogen (secondary N) is 1. The lowest BCUT2D eigenvalue weighted by atomic mass is 10.1. The highest BCUT2D eigenvalue weighted by molar-refractivity contribution is 7.92. The number of aryl methyl sites for hydroxylation is 1. The smallest absolute Gasteiger partial charge is 0.229 e. The monoisotopic (exact) mass is 225 g/mol. The van der Waals surface area contributed by atoms with Gasteiger partial charge in [0.1, 0.15) is 0 Å². The maximum atomic E-state index is 11.2. The molecule has 1 aromatic carbocycles. The zero-order chi connectivity index (χ0) is 11.5. The van der Waals surface area contributed by atoms with Crippen LogP contribution in [0.3, 0.4) is 0 Å². The summed E-state index contributed by atoms with van der Waals surface area (Å²) in [6, 6.07) is 5.65. The molecule has 0 aliphatic carbocycles. The van der Waals surface area contributed by atoms with Crippen LogP contribution >= 0.6 is 0 Å². The van der Waals surface area contributed by atoms with E-state index in [1.54, 1.807) is 0 Å². The summed E-state index contributed by atoms with van der Waals surface area (Å²) in [7, 11) is -3.22. The van der Waals surface area contributed by atoms with Crippen molar-refractivity contribution in [3.8, 4) is 0 Å². The Bertz CT molecular complexity index is 475. The van der Waals surface area contributed by atoms with Crippen LogP contribution in [0.15, 0.2) is 24.3 Å². The summed E-state index contributed by atoms with van der Waals surface area (Å²) < 4.78 is 24.9. The molecule has 0 radical (unpaired) electrons. The van der Waals surface area contributed by atoms with Crippen LogP contribution in [0.1, 0.15) is 18.1 Å². The third kappa shape index (κ3) is 3.40. The molecule has 0 unspecified atom stereocenters. The quantitative estimate of drug-likeness (QED) is 0.858. The lowest BCUT2D eigenvalue weighted by molar-refractivity contribution is 0.606. The zero-order valence-electron chi connectivity index (χ0n) is 9.11. The summed E-state index contributed by atoms with van der Waals surface area (Å²) >= 11 is 0. The number of sulfonamides is 1. The Kier molecular flexibility index (Phi) is 3.52. The molecule has 0 aromatic heterocycles. The van der Waals surface area contributed by atoms with Gasteiger partial charge in [0, 0.05) is 0 Å². The highest BCUT2D eigenvalue weighted by Crippen LogP contribution is 2.22. The largest absolute Gasteiger partial charge is 0.283 e. The minimum absolute atomic E-state index is 0.651. The molecule has 82 valence electrons. The molecule has 4 heteroatoms. The first-order chi connectivity index (χ1) is 6.94. The summed E-state index contributed by atoms with van der Waals surface area (Å²) in [5, 5.41) is 0. The molecule has 0 heterocycles. The normalized spacial score (nSPS) is 11.9. The van der Waals surface area contributed by atoms with E-state index < -0.39 is 10.0 Å². The average molecular weight is 225 g/mol. The number of benzene rings is 1. The van der Waals surface area contributed by atoms with Gasteiger partial charge in [0.05, 0.1) is 11.9 Å². The lowest BCUT2D eigenvalue weighted by Crippen LogP contribution is -2.11. The van der Waals surface area contributed by atoms with E-state index in [0.717, 1.165) is 17.4 Å². The molecule has 0 atom stereocenters. The van der Waals surface area contributed by atoms with Crippen molar-refractivity contribution in [2.45, 2.75) is 13.8 Å². The minimum atomic E-state index is -3.22. The van der Waals surface area contributed by atoms with Gasteiger partial charge in [-0.05, 0) is 25.0 Å². The van der Waals surface area contributed by atoms with Crippen LogP contribution in [0, 0.1) is 6.92 Å². The van der Waals surface area contributed by atoms with Gasteiger partial charge in [0.15, 0.2) is 0 Å². The van der Waals surface area contributed by atoms with Crippen molar-refractivity contribution < 1.29 is 8.42 Å². The van der Waals surface area contributed by atoms with Gasteiger partial charge in [-0.2, -0.15) is 0 Å². The summed E-state index contributed by atoms with van der Waals surface area (Å²) in [5.41, 5.74) is 2.44. The predicted octanol–water partition coefficient (Wildman–Crippen LogP) is 2.40. The number of para-hydroxylation sites is 1. The van der Waals surface area contributed by atoms with Crippen molar-refractivity contribution >= 4 is 21.8 Å². The Hall–Kier alpha value is -1.29. The van der Waals surface area contributed by atoms with Crippen molar-refractivity contribution in [3.63, 3.8) is 0 Å². The molecule has 0 aliphatic rings. The minimum Gasteiger partial charge on any atom is -0.283 e. The van der Waals surface area contributed by atoms with Crippen LogP contribution in [0.5, 0.6) is 0 Å². The van der Waals surface area contributed by atoms with Crippen LogP contribution in [-0.4, -0.2) is 14.7 Å². The number of hydrogen-bond acceptors (Lipinski definition) is 2. The van der Waals surface area contributed by atoms with E-state index in [-0.39, 0.29) is 0 Å². The first kappa shape index (κ1) is 11.8. The number of allylic oxidation sites excluding steroid dienone is 1. The number of rotatable bonds is 3. The van der Waals surface area contributed by atoms with Gasteiger partial charge < -0.3 is 0 Å². The molecule has 1 rings (SSSR count). The second-order valence-corrected chi connectivity index (χ2v) is 5.16. The fraction of sp³-hybridized carbons (Fsp3) is 0.273. The fourth-order valence-electron chi connectivity index (χ4n) is 1.33. The standard InChI is InChI=1S/C11H15NO2S/c1-4-6-10-8-5-7-9(2)11(10)12-15(3,13)14/h4-8,12H,1-3H3/b6-4-. The zero-order valence-corrected chi connectivity index (χ0v) is 9.93. The van der Waals surface area contributed by atoms with Gasteiger partial charge in [-0.25, -0.2) is 8.42 Å². The van der Waals surface area contributed by atoms with Gasteiger partial charge in [-0.15, -0.1) is 0 Å². The van der Waals surface area contributed by atoms with Crippen LogP contribution < -0.4 is 4.72 Å². The third-order valence-electron chi connectivity index (χ3n) is 1.94. The highest BCUT2D eigenvalue weighted by atomic mass is 32.2. The van der Waals surface area contributed by atoms with Gasteiger partial charge in [0.25, 0.3) is 0 Å². The Morgan fingerprint density at radius 3 is 2.53 bits per heavy atom. The van der Waals surface area contributed by atoms with E-state index in [4.69, 9.17) is 0 Å². The van der Waals surface area contributed by atoms with Crippen LogP contribution in [0.4, 0.5) is 5.69 Å². The molecule has 0 bridgehead atoms. The van der Waals surface area contributed by atoms with Crippen molar-refractivity contribution in [3.05, 3.63) is 35.4 Å². The SMILES string of the molecule is C/C=C\c1cccc(C)c1NS(C)(=O)=O. The highest BCUT2D eigenvalue weighted by Gasteiger charge is 2.07. The molecule has 0 amide bonds. The van der Waals surface area contributed by atoms with Crippen LogP contribution in [0.25, 0.3) is 6.08 Å². The number of hydrogen-bond donors (Lipinski definition) is 1. The molecular weight excluding hydrogens is 210 g/mol. The first-order valence-electron chi connectivity index (χ1n) is 4.64. The van der Waals surface area contributed by atoms with Crippen molar-refractivity contribution in [2.24, 2.45) is 0 Å². The fourth-order valence-corrected chi connectivity index (χ4v) is 1.98.